The number of piperidine rings is 1. The van der Waals surface area contributed by atoms with Crippen molar-refractivity contribution in [2.75, 3.05) is 23.7 Å². The second-order valence-corrected chi connectivity index (χ2v) is 7.13. The summed E-state index contributed by atoms with van der Waals surface area (Å²) in [5.41, 5.74) is 2.92. The van der Waals surface area contributed by atoms with Crippen LogP contribution in [-0.2, 0) is 4.79 Å². The highest BCUT2D eigenvalue weighted by Crippen LogP contribution is 2.21. The van der Waals surface area contributed by atoms with Crippen LogP contribution in [0, 0.1) is 12.8 Å². The Morgan fingerprint density at radius 3 is 2.46 bits per heavy atom. The largest absolute Gasteiger partial charge is 0.326 e. The van der Waals surface area contributed by atoms with Crippen LogP contribution >= 0.6 is 12.4 Å². The van der Waals surface area contributed by atoms with Crippen LogP contribution in [0.3, 0.4) is 0 Å². The molecule has 0 aromatic heterocycles. The van der Waals surface area contributed by atoms with Gasteiger partial charge in [-0.1, -0.05) is 24.3 Å². The molecular weight excluding hydrogens is 374 g/mol. The first-order valence-electron chi connectivity index (χ1n) is 9.59. The summed E-state index contributed by atoms with van der Waals surface area (Å²) in [7, 11) is 0. The highest BCUT2D eigenvalue weighted by atomic mass is 35.5. The van der Waals surface area contributed by atoms with E-state index in [2.05, 4.69) is 16.0 Å². The van der Waals surface area contributed by atoms with Crippen molar-refractivity contribution in [3.8, 4) is 0 Å². The minimum Gasteiger partial charge on any atom is -0.326 e. The minimum absolute atomic E-state index is 0. The number of halogens is 1. The predicted octanol–water partition coefficient (Wildman–Crippen LogP) is 4.39. The molecule has 5 nitrogen and oxygen atoms in total. The van der Waals surface area contributed by atoms with Crippen LogP contribution in [0.15, 0.2) is 48.5 Å². The lowest BCUT2D eigenvalue weighted by molar-refractivity contribution is -0.116. The molecule has 1 fully saturated rings. The Bertz CT molecular complexity index is 790. The second kappa shape index (κ2) is 10.8. The van der Waals surface area contributed by atoms with Crippen molar-refractivity contribution in [1.82, 2.24) is 5.32 Å². The van der Waals surface area contributed by atoms with Crippen LogP contribution in [-0.4, -0.2) is 24.9 Å². The van der Waals surface area contributed by atoms with E-state index in [1.165, 1.54) is 0 Å². The third-order valence-corrected chi connectivity index (χ3v) is 5.04. The molecule has 0 bridgehead atoms. The SMILES string of the molecule is Cc1ccc(C(=O)Nc2ccccc2)cc1NC(=O)CCC1CCNCC1.Cl. The first-order valence-corrected chi connectivity index (χ1v) is 9.59. The first-order chi connectivity index (χ1) is 13.1. The zero-order valence-corrected chi connectivity index (χ0v) is 17.0. The number of carbonyl (C=O) groups is 2. The minimum atomic E-state index is -0.189. The molecule has 2 aromatic carbocycles. The second-order valence-electron chi connectivity index (χ2n) is 7.13. The zero-order chi connectivity index (χ0) is 19.1. The van der Waals surface area contributed by atoms with E-state index in [1.54, 1.807) is 12.1 Å². The lowest BCUT2D eigenvalue weighted by Gasteiger charge is -2.22. The average Bonchev–Trinajstić information content (AvgIpc) is 2.69. The van der Waals surface area contributed by atoms with Gasteiger partial charge in [-0.2, -0.15) is 0 Å². The Morgan fingerprint density at radius 1 is 1.04 bits per heavy atom. The number of para-hydroxylation sites is 1. The summed E-state index contributed by atoms with van der Waals surface area (Å²) in [4.78, 5) is 24.8. The van der Waals surface area contributed by atoms with E-state index in [1.807, 2.05) is 43.3 Å². The van der Waals surface area contributed by atoms with E-state index >= 15 is 0 Å². The van der Waals surface area contributed by atoms with Crippen molar-refractivity contribution in [2.45, 2.75) is 32.6 Å². The topological polar surface area (TPSA) is 70.2 Å². The number of hydrogen-bond donors (Lipinski definition) is 3. The molecule has 0 radical (unpaired) electrons. The molecule has 3 rings (SSSR count). The maximum Gasteiger partial charge on any atom is 0.255 e. The summed E-state index contributed by atoms with van der Waals surface area (Å²) >= 11 is 0. The smallest absolute Gasteiger partial charge is 0.255 e. The Hall–Kier alpha value is -2.37. The average molecular weight is 402 g/mol. The van der Waals surface area contributed by atoms with Crippen molar-refractivity contribution in [3.63, 3.8) is 0 Å². The van der Waals surface area contributed by atoms with Crippen LogP contribution in [0.2, 0.25) is 0 Å². The third kappa shape index (κ3) is 6.36. The summed E-state index contributed by atoms with van der Waals surface area (Å²) < 4.78 is 0. The Kier molecular flexibility index (Phi) is 8.48. The van der Waals surface area contributed by atoms with Crippen molar-refractivity contribution < 1.29 is 9.59 Å². The maximum atomic E-state index is 12.5. The lowest BCUT2D eigenvalue weighted by atomic mass is 9.93. The van der Waals surface area contributed by atoms with E-state index in [9.17, 15) is 9.59 Å². The molecule has 1 aliphatic heterocycles. The Labute approximate surface area is 172 Å². The number of amides is 2. The van der Waals surface area contributed by atoms with E-state index in [4.69, 9.17) is 0 Å². The fourth-order valence-corrected chi connectivity index (χ4v) is 3.34. The highest BCUT2D eigenvalue weighted by Gasteiger charge is 2.15. The van der Waals surface area contributed by atoms with Gasteiger partial charge in [0.1, 0.15) is 0 Å². The van der Waals surface area contributed by atoms with Crippen molar-refractivity contribution in [1.29, 1.82) is 0 Å². The molecule has 1 saturated heterocycles. The van der Waals surface area contributed by atoms with Crippen molar-refractivity contribution >= 4 is 35.6 Å². The van der Waals surface area contributed by atoms with E-state index in [0.29, 0.717) is 23.6 Å². The number of nitrogens with one attached hydrogen (secondary N) is 3. The normalized spacial score (nSPS) is 14.0. The molecule has 2 aromatic rings. The van der Waals surface area contributed by atoms with E-state index in [-0.39, 0.29) is 24.2 Å². The predicted molar refractivity (Wildman–Crippen MR) is 116 cm³/mol. The van der Waals surface area contributed by atoms with Crippen LogP contribution in [0.5, 0.6) is 0 Å². The van der Waals surface area contributed by atoms with Gasteiger partial charge >= 0.3 is 0 Å². The summed E-state index contributed by atoms with van der Waals surface area (Å²) in [6.45, 7) is 4.02. The van der Waals surface area contributed by atoms with Crippen LogP contribution < -0.4 is 16.0 Å². The van der Waals surface area contributed by atoms with Gasteiger partial charge in [0.2, 0.25) is 5.91 Å². The van der Waals surface area contributed by atoms with Crippen LogP contribution in [0.1, 0.15) is 41.6 Å². The fourth-order valence-electron chi connectivity index (χ4n) is 3.34. The number of aryl methyl sites for hydroxylation is 1. The van der Waals surface area contributed by atoms with Crippen molar-refractivity contribution in [3.05, 3.63) is 59.7 Å². The molecule has 150 valence electrons. The Balaban J connectivity index is 0.00000280. The highest BCUT2D eigenvalue weighted by molar-refractivity contribution is 6.05. The van der Waals surface area contributed by atoms with Gasteiger partial charge in [0.25, 0.3) is 5.91 Å². The third-order valence-electron chi connectivity index (χ3n) is 5.04. The number of hydrogen-bond acceptors (Lipinski definition) is 3. The van der Waals surface area contributed by atoms with Gasteiger partial charge in [-0.15, -0.1) is 12.4 Å². The molecule has 0 aliphatic carbocycles. The molecule has 28 heavy (non-hydrogen) atoms. The van der Waals surface area contributed by atoms with Gasteiger partial charge in [-0.05, 0) is 75.0 Å². The molecule has 3 N–H and O–H groups in total. The van der Waals surface area contributed by atoms with Gasteiger partial charge in [-0.3, -0.25) is 9.59 Å². The summed E-state index contributed by atoms with van der Waals surface area (Å²) in [5.74, 6) is 0.449. The lowest BCUT2D eigenvalue weighted by Crippen LogP contribution is -2.28. The van der Waals surface area contributed by atoms with Gasteiger partial charge in [0.15, 0.2) is 0 Å². The molecule has 6 heteroatoms. The zero-order valence-electron chi connectivity index (χ0n) is 16.2. The number of carbonyl (C=O) groups excluding carboxylic acids is 2. The van der Waals surface area contributed by atoms with Crippen LogP contribution in [0.25, 0.3) is 0 Å². The summed E-state index contributed by atoms with van der Waals surface area (Å²) in [6, 6.07) is 14.7. The maximum absolute atomic E-state index is 12.5. The van der Waals surface area contributed by atoms with Gasteiger partial charge in [-0.25, -0.2) is 0 Å². The quantitative estimate of drug-likeness (QED) is 0.672. The molecule has 0 spiro atoms. The summed E-state index contributed by atoms with van der Waals surface area (Å²) in [5, 5.41) is 9.19. The molecule has 0 unspecified atom stereocenters. The van der Waals surface area contributed by atoms with E-state index in [0.717, 1.165) is 43.6 Å². The van der Waals surface area contributed by atoms with Crippen molar-refractivity contribution in [2.24, 2.45) is 5.92 Å². The molecule has 0 saturated carbocycles. The van der Waals surface area contributed by atoms with E-state index < -0.39 is 0 Å². The van der Waals surface area contributed by atoms with Gasteiger partial charge in [0.05, 0.1) is 0 Å². The number of benzene rings is 2. The molecule has 1 aliphatic rings. The summed E-state index contributed by atoms with van der Waals surface area (Å²) in [6.07, 6.45) is 3.72. The van der Waals surface area contributed by atoms with Gasteiger partial charge in [0, 0.05) is 23.4 Å². The monoisotopic (exact) mass is 401 g/mol. The standard InChI is InChI=1S/C22H27N3O2.ClH/c1-16-7-9-18(22(27)24-19-5-3-2-4-6-19)15-20(16)25-21(26)10-8-17-11-13-23-14-12-17;/h2-7,9,15,17,23H,8,10-14H2,1H3,(H,24,27)(H,25,26);1H. The molecular formula is C22H28ClN3O2. The molecule has 0 atom stereocenters. The fraction of sp³-hybridized carbons (Fsp3) is 0.364. The van der Waals surface area contributed by atoms with Gasteiger partial charge < -0.3 is 16.0 Å². The number of rotatable bonds is 6. The molecule has 2 amide bonds. The molecule has 1 heterocycles. The Morgan fingerprint density at radius 2 is 1.75 bits per heavy atom. The first kappa shape index (κ1) is 21.9. The number of anilines is 2. The van der Waals surface area contributed by atoms with Crippen LogP contribution in [0.4, 0.5) is 11.4 Å².